The van der Waals surface area contributed by atoms with E-state index >= 15 is 0 Å². The minimum Gasteiger partial charge on any atom is -0.481 e. The molecule has 0 aromatic heterocycles. The number of carbonyl (C=O) groups excluding carboxylic acids is 1. The Hall–Kier alpha value is -1.14. The first-order valence-corrected chi connectivity index (χ1v) is 6.09. The van der Waals surface area contributed by atoms with Crippen LogP contribution in [0, 0.1) is 5.41 Å². The maximum atomic E-state index is 11.5. The third-order valence-electron chi connectivity index (χ3n) is 2.76. The van der Waals surface area contributed by atoms with Crippen LogP contribution in [0.4, 0.5) is 0 Å². The van der Waals surface area contributed by atoms with Gasteiger partial charge in [0.1, 0.15) is 6.10 Å². The Bertz CT molecular complexity index is 278. The molecule has 6 heteroatoms. The predicted molar refractivity (Wildman–Crippen MR) is 66.0 cm³/mol. The molecule has 0 unspecified atom stereocenters. The van der Waals surface area contributed by atoms with E-state index in [1.807, 2.05) is 0 Å². The Morgan fingerprint density at radius 3 is 2.33 bits per heavy atom. The van der Waals surface area contributed by atoms with Gasteiger partial charge in [0.25, 0.3) is 0 Å². The molecule has 0 aromatic rings. The summed E-state index contributed by atoms with van der Waals surface area (Å²) >= 11 is 0. The van der Waals surface area contributed by atoms with Crippen LogP contribution in [0.5, 0.6) is 0 Å². The number of aliphatic hydroxyl groups excluding tert-OH is 2. The number of hydrogen-bond donors (Lipinski definition) is 4. The zero-order chi connectivity index (χ0) is 14.2. The normalized spacial score (nSPS) is 13.1. The van der Waals surface area contributed by atoms with E-state index in [4.69, 9.17) is 10.2 Å². The van der Waals surface area contributed by atoms with E-state index < -0.39 is 23.4 Å². The van der Waals surface area contributed by atoms with Crippen molar-refractivity contribution in [1.82, 2.24) is 5.32 Å². The molecule has 0 saturated carbocycles. The molecule has 0 heterocycles. The molecule has 0 aliphatic carbocycles. The summed E-state index contributed by atoms with van der Waals surface area (Å²) < 4.78 is 0. The lowest BCUT2D eigenvalue weighted by Gasteiger charge is -2.27. The molecule has 0 aliphatic heterocycles. The molecule has 106 valence electrons. The molecule has 1 atom stereocenters. The molecule has 0 spiro atoms. The van der Waals surface area contributed by atoms with Gasteiger partial charge in [-0.1, -0.05) is 20.3 Å². The standard InChI is InChI=1S/C12H23NO5/c1-12(2,8-14)10(17)11(18)13-7-5-3-4-6-9(15)16/h10,14,17H,3-8H2,1-2H3,(H,13,18)(H,15,16)/t10-/m0/s1. The number of aliphatic hydroxyl groups is 2. The lowest BCUT2D eigenvalue weighted by atomic mass is 9.87. The quantitative estimate of drug-likeness (QED) is 0.441. The maximum Gasteiger partial charge on any atom is 0.303 e. The Kier molecular flexibility index (Phi) is 7.54. The van der Waals surface area contributed by atoms with Crippen molar-refractivity contribution in [2.75, 3.05) is 13.2 Å². The van der Waals surface area contributed by atoms with Crippen LogP contribution in [0.15, 0.2) is 0 Å². The van der Waals surface area contributed by atoms with Gasteiger partial charge in [-0.3, -0.25) is 9.59 Å². The molecular weight excluding hydrogens is 238 g/mol. The minimum absolute atomic E-state index is 0.133. The first kappa shape index (κ1) is 16.9. The number of carboxylic acid groups (broad SMARTS) is 1. The molecule has 0 rings (SSSR count). The highest BCUT2D eigenvalue weighted by molar-refractivity contribution is 5.81. The number of nitrogens with one attached hydrogen (secondary N) is 1. The topological polar surface area (TPSA) is 107 Å². The van der Waals surface area contributed by atoms with Crippen molar-refractivity contribution in [3.05, 3.63) is 0 Å². The molecule has 0 aliphatic rings. The van der Waals surface area contributed by atoms with Crippen molar-refractivity contribution in [1.29, 1.82) is 0 Å². The Labute approximate surface area is 107 Å². The lowest BCUT2D eigenvalue weighted by molar-refractivity contribution is -0.138. The summed E-state index contributed by atoms with van der Waals surface area (Å²) in [6.45, 7) is 3.32. The second-order valence-corrected chi connectivity index (χ2v) is 5.04. The molecule has 1 amide bonds. The van der Waals surface area contributed by atoms with Gasteiger partial charge < -0.3 is 20.6 Å². The molecule has 0 bridgehead atoms. The molecular formula is C12H23NO5. The minimum atomic E-state index is -1.25. The number of unbranched alkanes of at least 4 members (excludes halogenated alkanes) is 2. The smallest absolute Gasteiger partial charge is 0.303 e. The highest BCUT2D eigenvalue weighted by atomic mass is 16.4. The molecule has 0 saturated heterocycles. The van der Waals surface area contributed by atoms with Crippen LogP contribution in [-0.4, -0.2) is 46.5 Å². The first-order valence-electron chi connectivity index (χ1n) is 6.09. The van der Waals surface area contributed by atoms with Gasteiger partial charge in [-0.05, 0) is 12.8 Å². The fraction of sp³-hybridized carbons (Fsp3) is 0.833. The molecule has 4 N–H and O–H groups in total. The summed E-state index contributed by atoms with van der Waals surface area (Å²) in [4.78, 5) is 21.8. The van der Waals surface area contributed by atoms with Crippen LogP contribution in [0.25, 0.3) is 0 Å². The third-order valence-corrected chi connectivity index (χ3v) is 2.76. The highest BCUT2D eigenvalue weighted by Crippen LogP contribution is 2.19. The zero-order valence-electron chi connectivity index (χ0n) is 11.0. The number of amides is 1. The summed E-state index contributed by atoms with van der Waals surface area (Å²) in [7, 11) is 0. The van der Waals surface area contributed by atoms with Crippen LogP contribution in [0.1, 0.15) is 39.5 Å². The van der Waals surface area contributed by atoms with Crippen LogP contribution >= 0.6 is 0 Å². The van der Waals surface area contributed by atoms with Crippen molar-refractivity contribution < 1.29 is 24.9 Å². The number of hydrogen-bond acceptors (Lipinski definition) is 4. The van der Waals surface area contributed by atoms with Crippen molar-refractivity contribution in [3.63, 3.8) is 0 Å². The zero-order valence-corrected chi connectivity index (χ0v) is 11.0. The number of carbonyl (C=O) groups is 2. The molecule has 0 fully saturated rings. The van der Waals surface area contributed by atoms with Crippen LogP contribution in [-0.2, 0) is 9.59 Å². The van der Waals surface area contributed by atoms with Crippen molar-refractivity contribution in [3.8, 4) is 0 Å². The van der Waals surface area contributed by atoms with E-state index in [0.29, 0.717) is 25.8 Å². The number of carboxylic acids is 1. The van der Waals surface area contributed by atoms with E-state index in [1.165, 1.54) is 0 Å². The third kappa shape index (κ3) is 6.56. The van der Waals surface area contributed by atoms with Gasteiger partial charge in [-0.25, -0.2) is 0 Å². The fourth-order valence-corrected chi connectivity index (χ4v) is 1.33. The highest BCUT2D eigenvalue weighted by Gasteiger charge is 2.32. The van der Waals surface area contributed by atoms with Crippen molar-refractivity contribution in [2.45, 2.75) is 45.6 Å². The van der Waals surface area contributed by atoms with Gasteiger partial charge in [0.15, 0.2) is 0 Å². The van der Waals surface area contributed by atoms with Gasteiger partial charge in [0.05, 0.1) is 6.61 Å². The van der Waals surface area contributed by atoms with E-state index in [0.717, 1.165) is 0 Å². The van der Waals surface area contributed by atoms with Crippen LogP contribution < -0.4 is 5.32 Å². The van der Waals surface area contributed by atoms with Gasteiger partial charge >= 0.3 is 5.97 Å². The maximum absolute atomic E-state index is 11.5. The number of rotatable bonds is 9. The average Bonchev–Trinajstić information content (AvgIpc) is 2.31. The number of aliphatic carboxylic acids is 1. The van der Waals surface area contributed by atoms with Gasteiger partial charge in [-0.15, -0.1) is 0 Å². The summed E-state index contributed by atoms with van der Waals surface area (Å²) in [6, 6.07) is 0. The summed E-state index contributed by atoms with van der Waals surface area (Å²) in [5, 5.41) is 29.7. The molecule has 18 heavy (non-hydrogen) atoms. The molecule has 0 radical (unpaired) electrons. The molecule has 0 aromatic carbocycles. The van der Waals surface area contributed by atoms with Crippen molar-refractivity contribution >= 4 is 11.9 Å². The van der Waals surface area contributed by atoms with Gasteiger partial charge in [-0.2, -0.15) is 0 Å². The summed E-state index contributed by atoms with van der Waals surface area (Å²) in [5.74, 6) is -1.33. The Morgan fingerprint density at radius 2 is 1.83 bits per heavy atom. The Balaban J connectivity index is 3.74. The lowest BCUT2D eigenvalue weighted by Crippen LogP contribution is -2.45. The summed E-state index contributed by atoms with van der Waals surface area (Å²) in [6.07, 6.45) is 0.850. The first-order chi connectivity index (χ1) is 8.31. The molecule has 6 nitrogen and oxygen atoms in total. The second-order valence-electron chi connectivity index (χ2n) is 5.04. The van der Waals surface area contributed by atoms with E-state index in [1.54, 1.807) is 13.8 Å². The van der Waals surface area contributed by atoms with E-state index in [9.17, 15) is 14.7 Å². The van der Waals surface area contributed by atoms with Crippen molar-refractivity contribution in [2.24, 2.45) is 5.41 Å². The summed E-state index contributed by atoms with van der Waals surface area (Å²) in [5.41, 5.74) is -0.868. The van der Waals surface area contributed by atoms with Crippen LogP contribution in [0.2, 0.25) is 0 Å². The second kappa shape index (κ2) is 8.05. The Morgan fingerprint density at radius 1 is 1.22 bits per heavy atom. The average molecular weight is 261 g/mol. The largest absolute Gasteiger partial charge is 0.481 e. The fourth-order valence-electron chi connectivity index (χ4n) is 1.33. The van der Waals surface area contributed by atoms with Gasteiger partial charge in [0.2, 0.25) is 5.91 Å². The van der Waals surface area contributed by atoms with E-state index in [2.05, 4.69) is 5.32 Å². The SMILES string of the molecule is CC(C)(CO)[C@@H](O)C(=O)NCCCCCC(=O)O. The van der Waals surface area contributed by atoms with Crippen LogP contribution in [0.3, 0.4) is 0 Å². The van der Waals surface area contributed by atoms with E-state index in [-0.39, 0.29) is 13.0 Å². The van der Waals surface area contributed by atoms with Gasteiger partial charge in [0, 0.05) is 18.4 Å². The monoisotopic (exact) mass is 261 g/mol. The predicted octanol–water partition coefficient (Wildman–Crippen LogP) is 0.127.